The summed E-state index contributed by atoms with van der Waals surface area (Å²) in [4.78, 5) is 28.5. The number of rotatable bonds is 9. The van der Waals surface area contributed by atoms with Crippen molar-refractivity contribution in [3.05, 3.63) is 16.0 Å². The van der Waals surface area contributed by atoms with Gasteiger partial charge in [0, 0.05) is 0 Å². The Kier molecular flexibility index (Phi) is 20.7. The minimum atomic E-state index is -3.47. The molecule has 0 aromatic rings. The molecule has 12 nitrogen and oxygen atoms in total. The van der Waals surface area contributed by atoms with Crippen LogP contribution >= 0.6 is 22.8 Å². The van der Waals surface area contributed by atoms with Gasteiger partial charge in [-0.15, -0.1) is 18.1 Å². The van der Waals surface area contributed by atoms with Crippen LogP contribution in [0.4, 0.5) is 0 Å². The topological polar surface area (TPSA) is 182 Å². The minimum absolute atomic E-state index is 0. The predicted molar refractivity (Wildman–Crippen MR) is 156 cm³/mol. The van der Waals surface area contributed by atoms with E-state index in [1.165, 1.54) is 0 Å². The Hall–Kier alpha value is 1.04. The Labute approximate surface area is 256 Å². The van der Waals surface area contributed by atoms with E-state index in [0.29, 0.717) is 19.3 Å². The summed E-state index contributed by atoms with van der Waals surface area (Å²) in [7, 11) is -10.4. The first-order valence-corrected chi connectivity index (χ1v) is 19.1. The fourth-order valence-electron chi connectivity index (χ4n) is 4.67. The third-order valence-electron chi connectivity index (χ3n) is 6.60. The molecule has 0 spiro atoms. The van der Waals surface area contributed by atoms with E-state index in [9.17, 15) is 28.4 Å². The monoisotopic (exact) mass is 666 g/mol. The van der Waals surface area contributed by atoms with Crippen LogP contribution in [0.25, 0.3) is 16.0 Å². The van der Waals surface area contributed by atoms with Crippen LogP contribution in [0.15, 0.2) is 0 Å². The second-order valence-corrected chi connectivity index (χ2v) is 16.1. The Balaban J connectivity index is 0.000000563. The Morgan fingerprint density at radius 2 is 0.775 bits per heavy atom. The van der Waals surface area contributed by atoms with Gasteiger partial charge in [-0.2, -0.15) is 0 Å². The van der Waals surface area contributed by atoms with Gasteiger partial charge in [0.25, 0.3) is 0 Å². The number of hydrogen-bond donors (Lipinski definition) is 3. The third kappa shape index (κ3) is 15.2. The van der Waals surface area contributed by atoms with E-state index >= 15 is 0 Å². The summed E-state index contributed by atoms with van der Waals surface area (Å²) in [6, 6.07) is 0.582. The summed E-state index contributed by atoms with van der Waals surface area (Å²) < 4.78 is 49.2. The molecule has 1 radical (unpaired) electrons. The van der Waals surface area contributed by atoms with Gasteiger partial charge in [0.05, 0.1) is 19.8 Å². The van der Waals surface area contributed by atoms with Gasteiger partial charge >= 0.3 is 44.5 Å². The maximum Gasteiger partial charge on any atom is 3.00 e. The van der Waals surface area contributed by atoms with Crippen molar-refractivity contribution >= 4 is 22.8 Å². The summed E-state index contributed by atoms with van der Waals surface area (Å²) in [6.07, 6.45) is 7.98. The third-order valence-corrected chi connectivity index (χ3v) is 11.9. The molecular weight excluding hydrogens is 615 g/mol. The van der Waals surface area contributed by atoms with E-state index in [-0.39, 0.29) is 59.7 Å². The molecule has 3 fully saturated rings. The maximum atomic E-state index is 11.6. The van der Waals surface area contributed by atoms with Crippen molar-refractivity contribution in [2.45, 2.75) is 135 Å². The SMILES string of the molecule is CCOP(=O)(O)C1CCCC(C)[N-]1.CCOP(=O)(O)C1CCCC(C)[N-]1.CCOP(=O)(O)C1CCCC(C)[N-]1.[Ti+3]. The second kappa shape index (κ2) is 20.1. The van der Waals surface area contributed by atoms with E-state index in [0.717, 1.165) is 38.5 Å². The van der Waals surface area contributed by atoms with Crippen LogP contribution in [0.2, 0.25) is 0 Å². The molecule has 9 unspecified atom stereocenters. The first kappa shape index (κ1) is 41.0. The van der Waals surface area contributed by atoms with Crippen molar-refractivity contribution in [3.8, 4) is 0 Å². The molecule has 3 heterocycles. The number of hydrogen-bond acceptors (Lipinski definition) is 6. The zero-order valence-corrected chi connectivity index (χ0v) is 29.2. The summed E-state index contributed by atoms with van der Waals surface area (Å²) in [6.45, 7) is 11.9. The Bertz CT molecular complexity index is 740. The average molecular weight is 666 g/mol. The molecule has 3 aliphatic heterocycles. The molecule has 3 rings (SSSR count). The van der Waals surface area contributed by atoms with Gasteiger partial charge in [-0.05, 0) is 38.1 Å². The molecule has 235 valence electrons. The number of nitrogens with zero attached hydrogens (tertiary/aromatic N) is 3. The van der Waals surface area contributed by atoms with E-state index in [1.807, 2.05) is 20.8 Å². The van der Waals surface area contributed by atoms with Gasteiger partial charge in [0.1, 0.15) is 0 Å². The van der Waals surface area contributed by atoms with Crippen molar-refractivity contribution in [2.24, 2.45) is 0 Å². The van der Waals surface area contributed by atoms with Crippen LogP contribution in [0.3, 0.4) is 0 Å². The molecular formula is C24H51N3O9P3Ti. The fourth-order valence-corrected chi connectivity index (χ4v) is 9.01. The molecule has 0 aliphatic carbocycles. The standard InChI is InChI=1S/3C8H17NO3P.Ti/c3*1-3-12-13(10,11)8-6-4-5-7(2)9-8;/h3*7-8H,3-6H2,1-2H3,(H,10,11);/q3*-1;+3. The Morgan fingerprint density at radius 3 is 0.950 bits per heavy atom. The van der Waals surface area contributed by atoms with Crippen molar-refractivity contribution in [3.63, 3.8) is 0 Å². The summed E-state index contributed by atoms with van der Waals surface area (Å²) >= 11 is 0. The van der Waals surface area contributed by atoms with Crippen LogP contribution < -0.4 is 0 Å². The van der Waals surface area contributed by atoms with Crippen molar-refractivity contribution < 1.29 is 63.7 Å². The van der Waals surface area contributed by atoms with Crippen LogP contribution in [0.1, 0.15) is 99.3 Å². The molecule has 9 atom stereocenters. The van der Waals surface area contributed by atoms with E-state index in [1.54, 1.807) is 20.8 Å². The van der Waals surface area contributed by atoms with Gasteiger partial charge in [-0.1, -0.05) is 78.6 Å². The van der Waals surface area contributed by atoms with Gasteiger partial charge in [0.2, 0.25) is 0 Å². The molecule has 0 aromatic heterocycles. The second-order valence-electron chi connectivity index (χ2n) is 10.2. The zero-order valence-electron chi connectivity index (χ0n) is 24.9. The minimum Gasteiger partial charge on any atom is -0.647 e. The van der Waals surface area contributed by atoms with Crippen molar-refractivity contribution in [1.82, 2.24) is 0 Å². The van der Waals surface area contributed by atoms with Gasteiger partial charge in [0.15, 0.2) is 0 Å². The quantitative estimate of drug-likeness (QED) is 0.166. The first-order valence-electron chi connectivity index (χ1n) is 14.2. The summed E-state index contributed by atoms with van der Waals surface area (Å²) in [5.74, 6) is -1.47. The fraction of sp³-hybridized carbons (Fsp3) is 1.00. The number of piperidine rings is 3. The maximum absolute atomic E-state index is 11.6. The summed E-state index contributed by atoms with van der Waals surface area (Å²) in [5, 5.41) is 12.7. The van der Waals surface area contributed by atoms with Gasteiger partial charge < -0.3 is 44.2 Å². The van der Waals surface area contributed by atoms with Gasteiger partial charge in [-0.25, -0.2) is 0 Å². The summed E-state index contributed by atoms with van der Waals surface area (Å²) in [5.41, 5.74) is 0. The molecule has 0 saturated carbocycles. The Morgan fingerprint density at radius 1 is 0.550 bits per heavy atom. The zero-order chi connectivity index (χ0) is 29.7. The van der Waals surface area contributed by atoms with Crippen molar-refractivity contribution in [2.75, 3.05) is 19.8 Å². The molecule has 16 heteroatoms. The van der Waals surface area contributed by atoms with Crippen LogP contribution in [0, 0.1) is 0 Å². The first-order chi connectivity index (χ1) is 18.2. The molecule has 0 amide bonds. The van der Waals surface area contributed by atoms with Crippen LogP contribution in [0.5, 0.6) is 0 Å². The molecule has 3 N–H and O–H groups in total. The van der Waals surface area contributed by atoms with Crippen LogP contribution in [-0.4, -0.2) is 70.0 Å². The van der Waals surface area contributed by atoms with E-state index in [2.05, 4.69) is 16.0 Å². The van der Waals surface area contributed by atoms with E-state index < -0.39 is 40.1 Å². The average Bonchev–Trinajstić information content (AvgIpc) is 2.85. The van der Waals surface area contributed by atoms with E-state index in [4.69, 9.17) is 13.6 Å². The van der Waals surface area contributed by atoms with Gasteiger partial charge in [-0.3, -0.25) is 13.7 Å². The van der Waals surface area contributed by atoms with Crippen LogP contribution in [-0.2, 0) is 49.0 Å². The molecule has 0 bridgehead atoms. The largest absolute Gasteiger partial charge is 3.00 e. The molecule has 3 saturated heterocycles. The molecule has 3 aliphatic rings. The molecule has 40 heavy (non-hydrogen) atoms. The molecule has 0 aromatic carbocycles. The predicted octanol–water partition coefficient (Wildman–Crippen LogP) is 7.44. The van der Waals surface area contributed by atoms with Crippen molar-refractivity contribution in [1.29, 1.82) is 0 Å². The normalized spacial score (nSPS) is 33.2. The smallest absolute Gasteiger partial charge is 0.647 e.